The molecular formula is C15H18IN3O. The first-order chi connectivity index (χ1) is 9.79. The van der Waals surface area contributed by atoms with Gasteiger partial charge >= 0.3 is 0 Å². The molecule has 2 aromatic rings. The van der Waals surface area contributed by atoms with Gasteiger partial charge in [0.05, 0.1) is 16.3 Å². The van der Waals surface area contributed by atoms with Crippen molar-refractivity contribution in [2.45, 2.75) is 32.0 Å². The van der Waals surface area contributed by atoms with Gasteiger partial charge in [-0.15, -0.1) is 0 Å². The van der Waals surface area contributed by atoms with Crippen molar-refractivity contribution < 1.29 is 4.74 Å². The van der Waals surface area contributed by atoms with E-state index in [4.69, 9.17) is 4.74 Å². The summed E-state index contributed by atoms with van der Waals surface area (Å²) in [4.78, 5) is 0. The maximum atomic E-state index is 5.73. The van der Waals surface area contributed by atoms with E-state index in [1.54, 1.807) is 0 Å². The van der Waals surface area contributed by atoms with E-state index in [2.05, 4.69) is 45.1 Å². The molecule has 0 saturated heterocycles. The van der Waals surface area contributed by atoms with Crippen LogP contribution in [0.25, 0.3) is 0 Å². The van der Waals surface area contributed by atoms with E-state index in [9.17, 15) is 0 Å². The second-order valence-corrected chi connectivity index (χ2v) is 6.31. The van der Waals surface area contributed by atoms with Crippen LogP contribution in [-0.2, 0) is 13.1 Å². The highest BCUT2D eigenvalue weighted by atomic mass is 127. The predicted molar refractivity (Wildman–Crippen MR) is 86.7 cm³/mol. The minimum atomic E-state index is 0.636. The fourth-order valence-electron chi connectivity index (χ4n) is 1.97. The number of benzene rings is 1. The van der Waals surface area contributed by atoms with Crippen molar-refractivity contribution >= 4 is 22.6 Å². The maximum absolute atomic E-state index is 5.73. The number of nitrogens with zero attached hydrogens (tertiary/aromatic N) is 2. The molecule has 0 atom stereocenters. The lowest BCUT2D eigenvalue weighted by Crippen LogP contribution is -2.15. The SMILES string of the molecule is Ic1cnn(CCOc2ccc(CNC3CC3)cc2)c1. The zero-order valence-electron chi connectivity index (χ0n) is 11.3. The van der Waals surface area contributed by atoms with Gasteiger partial charge in [0.2, 0.25) is 0 Å². The molecule has 1 aliphatic rings. The van der Waals surface area contributed by atoms with Gasteiger partial charge in [-0.1, -0.05) is 12.1 Å². The Bertz CT molecular complexity index is 549. The van der Waals surface area contributed by atoms with E-state index in [1.807, 2.05) is 29.2 Å². The molecule has 1 fully saturated rings. The summed E-state index contributed by atoms with van der Waals surface area (Å²) in [7, 11) is 0. The van der Waals surface area contributed by atoms with Crippen LogP contribution >= 0.6 is 22.6 Å². The molecule has 4 nitrogen and oxygen atoms in total. The molecule has 3 rings (SSSR count). The van der Waals surface area contributed by atoms with Crippen LogP contribution in [0.2, 0.25) is 0 Å². The van der Waals surface area contributed by atoms with Crippen LogP contribution in [0.15, 0.2) is 36.7 Å². The molecule has 1 saturated carbocycles. The molecule has 1 N–H and O–H groups in total. The van der Waals surface area contributed by atoms with Crippen molar-refractivity contribution in [3.63, 3.8) is 0 Å². The number of ether oxygens (including phenoxy) is 1. The van der Waals surface area contributed by atoms with Crippen LogP contribution in [0.1, 0.15) is 18.4 Å². The van der Waals surface area contributed by atoms with Crippen LogP contribution in [-0.4, -0.2) is 22.4 Å². The molecule has 106 valence electrons. The monoisotopic (exact) mass is 383 g/mol. The average molecular weight is 383 g/mol. The lowest BCUT2D eigenvalue weighted by atomic mass is 10.2. The van der Waals surface area contributed by atoms with Crippen LogP contribution < -0.4 is 10.1 Å². The highest BCUT2D eigenvalue weighted by Crippen LogP contribution is 2.19. The number of aromatic nitrogens is 2. The van der Waals surface area contributed by atoms with E-state index in [0.717, 1.165) is 28.5 Å². The van der Waals surface area contributed by atoms with Crippen LogP contribution in [0.4, 0.5) is 0 Å². The number of hydrogen-bond donors (Lipinski definition) is 1. The second-order valence-electron chi connectivity index (χ2n) is 5.07. The molecular weight excluding hydrogens is 365 g/mol. The number of rotatable bonds is 7. The van der Waals surface area contributed by atoms with Crippen molar-refractivity contribution in [3.05, 3.63) is 45.8 Å². The van der Waals surface area contributed by atoms with Crippen LogP contribution in [0.3, 0.4) is 0 Å². The van der Waals surface area contributed by atoms with Gasteiger partial charge in [0, 0.05) is 18.8 Å². The summed E-state index contributed by atoms with van der Waals surface area (Å²) < 4.78 is 8.78. The standard InChI is InChI=1S/C15H18IN3O/c16-13-10-18-19(11-13)7-8-20-15-5-1-12(2-6-15)9-17-14-3-4-14/h1-2,5-6,10-11,14,17H,3-4,7-9H2. The van der Waals surface area contributed by atoms with Gasteiger partial charge in [0.1, 0.15) is 12.4 Å². The second kappa shape index (κ2) is 6.58. The van der Waals surface area contributed by atoms with Gasteiger partial charge in [0.15, 0.2) is 0 Å². The quantitative estimate of drug-likeness (QED) is 0.748. The van der Waals surface area contributed by atoms with Gasteiger partial charge in [-0.2, -0.15) is 5.10 Å². The van der Waals surface area contributed by atoms with Gasteiger partial charge in [-0.05, 0) is 53.1 Å². The van der Waals surface area contributed by atoms with E-state index >= 15 is 0 Å². The molecule has 0 amide bonds. The minimum absolute atomic E-state index is 0.636. The first-order valence-corrected chi connectivity index (χ1v) is 8.00. The maximum Gasteiger partial charge on any atom is 0.119 e. The van der Waals surface area contributed by atoms with E-state index in [0.29, 0.717) is 6.61 Å². The first kappa shape index (κ1) is 13.9. The molecule has 1 heterocycles. The fourth-order valence-corrected chi connectivity index (χ4v) is 2.42. The molecule has 1 aliphatic carbocycles. The first-order valence-electron chi connectivity index (χ1n) is 6.93. The Morgan fingerprint density at radius 3 is 2.75 bits per heavy atom. The molecule has 5 heteroatoms. The van der Waals surface area contributed by atoms with E-state index in [1.165, 1.54) is 18.4 Å². The third-order valence-corrected chi connectivity index (χ3v) is 3.84. The number of nitrogens with one attached hydrogen (secondary N) is 1. The largest absolute Gasteiger partial charge is 0.492 e. The Kier molecular flexibility index (Phi) is 4.57. The van der Waals surface area contributed by atoms with Crippen molar-refractivity contribution in [1.29, 1.82) is 0 Å². The van der Waals surface area contributed by atoms with Gasteiger partial charge in [-0.3, -0.25) is 4.68 Å². The topological polar surface area (TPSA) is 39.1 Å². The summed E-state index contributed by atoms with van der Waals surface area (Å²) in [6, 6.07) is 9.08. The van der Waals surface area contributed by atoms with Crippen molar-refractivity contribution in [1.82, 2.24) is 15.1 Å². The summed E-state index contributed by atoms with van der Waals surface area (Å²) in [5.74, 6) is 0.919. The lowest BCUT2D eigenvalue weighted by Gasteiger charge is -2.08. The zero-order valence-corrected chi connectivity index (χ0v) is 13.4. The van der Waals surface area contributed by atoms with Crippen LogP contribution in [0.5, 0.6) is 5.75 Å². The normalized spacial score (nSPS) is 14.4. The molecule has 0 unspecified atom stereocenters. The minimum Gasteiger partial charge on any atom is -0.492 e. The Hall–Kier alpha value is -1.08. The summed E-state index contributed by atoms with van der Waals surface area (Å²) in [5.41, 5.74) is 1.31. The van der Waals surface area contributed by atoms with Crippen LogP contribution in [0, 0.1) is 3.57 Å². The Morgan fingerprint density at radius 2 is 2.10 bits per heavy atom. The molecule has 0 aliphatic heterocycles. The Labute approximate surface area is 132 Å². The third-order valence-electron chi connectivity index (χ3n) is 3.29. The van der Waals surface area contributed by atoms with Gasteiger partial charge < -0.3 is 10.1 Å². The summed E-state index contributed by atoms with van der Waals surface area (Å²) >= 11 is 2.25. The number of halogens is 1. The molecule has 20 heavy (non-hydrogen) atoms. The molecule has 0 spiro atoms. The summed E-state index contributed by atoms with van der Waals surface area (Å²) in [5, 5.41) is 7.73. The van der Waals surface area contributed by atoms with Gasteiger partial charge in [0.25, 0.3) is 0 Å². The van der Waals surface area contributed by atoms with Crippen molar-refractivity contribution in [2.24, 2.45) is 0 Å². The molecule has 1 aromatic carbocycles. The van der Waals surface area contributed by atoms with E-state index < -0.39 is 0 Å². The van der Waals surface area contributed by atoms with Crippen molar-refractivity contribution in [2.75, 3.05) is 6.61 Å². The molecule has 1 aromatic heterocycles. The molecule has 0 radical (unpaired) electrons. The average Bonchev–Trinajstić information content (AvgIpc) is 3.20. The fraction of sp³-hybridized carbons (Fsp3) is 0.400. The smallest absolute Gasteiger partial charge is 0.119 e. The zero-order chi connectivity index (χ0) is 13.8. The predicted octanol–water partition coefficient (Wildman–Crippen LogP) is 2.82. The molecule has 0 bridgehead atoms. The summed E-state index contributed by atoms with van der Waals surface area (Å²) in [6.07, 6.45) is 6.51. The van der Waals surface area contributed by atoms with Crippen molar-refractivity contribution in [3.8, 4) is 5.75 Å². The third kappa shape index (κ3) is 4.21. The lowest BCUT2D eigenvalue weighted by molar-refractivity contribution is 0.291. The highest BCUT2D eigenvalue weighted by molar-refractivity contribution is 14.1. The van der Waals surface area contributed by atoms with E-state index in [-0.39, 0.29) is 0 Å². The van der Waals surface area contributed by atoms with Gasteiger partial charge in [-0.25, -0.2) is 0 Å². The Morgan fingerprint density at radius 1 is 1.30 bits per heavy atom. The summed E-state index contributed by atoms with van der Waals surface area (Å²) in [6.45, 7) is 2.36. The number of hydrogen-bond acceptors (Lipinski definition) is 3. The Balaban J connectivity index is 1.42. The highest BCUT2D eigenvalue weighted by Gasteiger charge is 2.19.